The van der Waals surface area contributed by atoms with Gasteiger partial charge >= 0.3 is 5.97 Å². The van der Waals surface area contributed by atoms with Crippen LogP contribution >= 0.6 is 22.9 Å². The standard InChI is InChI=1S/C19H15ClN2O3S/c1-25-19(24)15-7-2-3-8-16(15)22-17(23)10-14-11-26-18(21-14)12-5-4-6-13(20)9-12/h2-9,11H,10H2,1H3,(H,22,23). The lowest BCUT2D eigenvalue weighted by Gasteiger charge is -2.08. The summed E-state index contributed by atoms with van der Waals surface area (Å²) >= 11 is 7.45. The Balaban J connectivity index is 1.71. The first kappa shape index (κ1) is 18.1. The quantitative estimate of drug-likeness (QED) is 0.658. The Morgan fingerprint density at radius 2 is 2.00 bits per heavy atom. The summed E-state index contributed by atoms with van der Waals surface area (Å²) in [4.78, 5) is 28.6. The van der Waals surface area contributed by atoms with E-state index in [9.17, 15) is 9.59 Å². The predicted molar refractivity (Wildman–Crippen MR) is 103 cm³/mol. The van der Waals surface area contributed by atoms with E-state index in [0.717, 1.165) is 10.6 Å². The van der Waals surface area contributed by atoms with E-state index in [1.165, 1.54) is 18.4 Å². The van der Waals surface area contributed by atoms with Gasteiger partial charge in [-0.25, -0.2) is 9.78 Å². The molecule has 0 bridgehead atoms. The molecular formula is C19H15ClN2O3S. The minimum absolute atomic E-state index is 0.104. The van der Waals surface area contributed by atoms with Crippen LogP contribution in [0.25, 0.3) is 10.6 Å². The molecule has 26 heavy (non-hydrogen) atoms. The second kappa shape index (κ2) is 8.12. The number of rotatable bonds is 5. The number of halogens is 1. The number of ether oxygens (including phenoxy) is 1. The van der Waals surface area contributed by atoms with E-state index in [0.29, 0.717) is 22.0 Å². The molecule has 0 saturated carbocycles. The summed E-state index contributed by atoms with van der Waals surface area (Å²) in [6.45, 7) is 0. The molecule has 0 aliphatic carbocycles. The topological polar surface area (TPSA) is 68.3 Å². The van der Waals surface area contributed by atoms with Crippen LogP contribution in [0.4, 0.5) is 5.69 Å². The average molecular weight is 387 g/mol. The summed E-state index contributed by atoms with van der Waals surface area (Å²) in [5.74, 6) is -0.762. The predicted octanol–water partition coefficient (Wildman–Crippen LogP) is 4.43. The first-order chi connectivity index (χ1) is 12.6. The molecule has 1 amide bonds. The van der Waals surface area contributed by atoms with Gasteiger partial charge in [0.1, 0.15) is 5.01 Å². The largest absolute Gasteiger partial charge is 0.465 e. The summed E-state index contributed by atoms with van der Waals surface area (Å²) in [5.41, 5.74) is 2.28. The molecule has 1 aromatic heterocycles. The van der Waals surface area contributed by atoms with Crippen molar-refractivity contribution in [2.45, 2.75) is 6.42 Å². The van der Waals surface area contributed by atoms with E-state index >= 15 is 0 Å². The van der Waals surface area contributed by atoms with Gasteiger partial charge in [-0.15, -0.1) is 11.3 Å². The fourth-order valence-electron chi connectivity index (χ4n) is 2.38. The molecular weight excluding hydrogens is 372 g/mol. The molecule has 2 aromatic carbocycles. The van der Waals surface area contributed by atoms with Gasteiger partial charge in [0.05, 0.1) is 30.5 Å². The van der Waals surface area contributed by atoms with Gasteiger partial charge in [-0.05, 0) is 24.3 Å². The van der Waals surface area contributed by atoms with Crippen molar-refractivity contribution in [3.05, 3.63) is 70.2 Å². The van der Waals surface area contributed by atoms with E-state index in [-0.39, 0.29) is 12.3 Å². The van der Waals surface area contributed by atoms with Crippen LogP contribution in [0.15, 0.2) is 53.9 Å². The van der Waals surface area contributed by atoms with Gasteiger partial charge in [0.2, 0.25) is 5.91 Å². The van der Waals surface area contributed by atoms with Crippen molar-refractivity contribution in [2.75, 3.05) is 12.4 Å². The van der Waals surface area contributed by atoms with Gasteiger partial charge in [-0.2, -0.15) is 0 Å². The fourth-order valence-corrected chi connectivity index (χ4v) is 3.39. The van der Waals surface area contributed by atoms with Gasteiger partial charge < -0.3 is 10.1 Å². The smallest absolute Gasteiger partial charge is 0.339 e. The van der Waals surface area contributed by atoms with Crippen LogP contribution in [-0.4, -0.2) is 24.0 Å². The Kier molecular flexibility index (Phi) is 5.65. The van der Waals surface area contributed by atoms with Crippen LogP contribution in [0.2, 0.25) is 5.02 Å². The van der Waals surface area contributed by atoms with Crippen LogP contribution in [0.1, 0.15) is 16.1 Å². The highest BCUT2D eigenvalue weighted by Gasteiger charge is 2.14. The Morgan fingerprint density at radius 3 is 2.77 bits per heavy atom. The Morgan fingerprint density at radius 1 is 1.19 bits per heavy atom. The Labute approximate surface area is 159 Å². The number of nitrogens with zero attached hydrogens (tertiary/aromatic N) is 1. The maximum atomic E-state index is 12.3. The van der Waals surface area contributed by atoms with Gasteiger partial charge in [0.25, 0.3) is 0 Å². The van der Waals surface area contributed by atoms with Crippen molar-refractivity contribution in [2.24, 2.45) is 0 Å². The molecule has 3 aromatic rings. The highest BCUT2D eigenvalue weighted by Crippen LogP contribution is 2.26. The lowest BCUT2D eigenvalue weighted by molar-refractivity contribution is -0.115. The Hall–Kier alpha value is -2.70. The number of nitrogens with one attached hydrogen (secondary N) is 1. The molecule has 7 heteroatoms. The number of anilines is 1. The number of thiazole rings is 1. The van der Waals surface area contributed by atoms with Gasteiger partial charge in [0, 0.05) is 16.0 Å². The molecule has 0 aliphatic heterocycles. The van der Waals surface area contributed by atoms with Crippen molar-refractivity contribution in [3.8, 4) is 10.6 Å². The molecule has 0 saturated heterocycles. The lowest BCUT2D eigenvalue weighted by atomic mass is 10.1. The molecule has 1 heterocycles. The van der Waals surface area contributed by atoms with E-state index < -0.39 is 5.97 Å². The molecule has 0 atom stereocenters. The molecule has 0 spiro atoms. The number of para-hydroxylation sites is 1. The van der Waals surface area contributed by atoms with Gasteiger partial charge in [-0.1, -0.05) is 35.9 Å². The molecule has 5 nitrogen and oxygen atoms in total. The summed E-state index contributed by atoms with van der Waals surface area (Å²) in [7, 11) is 1.30. The highest BCUT2D eigenvalue weighted by atomic mass is 35.5. The van der Waals surface area contributed by atoms with Crippen LogP contribution in [0.3, 0.4) is 0 Å². The van der Waals surface area contributed by atoms with Crippen LogP contribution < -0.4 is 5.32 Å². The zero-order valence-corrected chi connectivity index (χ0v) is 15.4. The number of benzene rings is 2. The number of hydrogen-bond donors (Lipinski definition) is 1. The summed E-state index contributed by atoms with van der Waals surface area (Å²) in [6.07, 6.45) is 0.104. The van der Waals surface area contributed by atoms with E-state index in [1.807, 2.05) is 23.6 Å². The van der Waals surface area contributed by atoms with E-state index in [2.05, 4.69) is 10.3 Å². The molecule has 0 radical (unpaired) electrons. The maximum Gasteiger partial charge on any atom is 0.339 e. The second-order valence-electron chi connectivity index (χ2n) is 5.42. The minimum Gasteiger partial charge on any atom is -0.465 e. The first-order valence-electron chi connectivity index (χ1n) is 7.74. The number of methoxy groups -OCH3 is 1. The molecule has 0 aliphatic rings. The van der Waals surface area contributed by atoms with E-state index in [4.69, 9.17) is 16.3 Å². The average Bonchev–Trinajstić information content (AvgIpc) is 3.10. The number of hydrogen-bond acceptors (Lipinski definition) is 5. The number of amides is 1. The number of esters is 1. The van der Waals surface area contributed by atoms with Crippen LogP contribution in [-0.2, 0) is 16.0 Å². The van der Waals surface area contributed by atoms with Crippen molar-refractivity contribution >= 4 is 40.5 Å². The third kappa shape index (κ3) is 4.28. The number of carbonyl (C=O) groups excluding carboxylic acids is 2. The van der Waals surface area contributed by atoms with Crippen molar-refractivity contribution in [1.29, 1.82) is 0 Å². The zero-order valence-electron chi connectivity index (χ0n) is 13.9. The van der Waals surface area contributed by atoms with Crippen LogP contribution in [0, 0.1) is 0 Å². The van der Waals surface area contributed by atoms with Gasteiger partial charge in [0.15, 0.2) is 0 Å². The summed E-state index contributed by atoms with van der Waals surface area (Å²) < 4.78 is 4.73. The lowest BCUT2D eigenvalue weighted by Crippen LogP contribution is -2.17. The summed E-state index contributed by atoms with van der Waals surface area (Å²) in [6, 6.07) is 14.1. The van der Waals surface area contributed by atoms with Crippen molar-refractivity contribution in [3.63, 3.8) is 0 Å². The van der Waals surface area contributed by atoms with E-state index in [1.54, 1.807) is 30.3 Å². The number of aromatic nitrogens is 1. The SMILES string of the molecule is COC(=O)c1ccccc1NC(=O)Cc1csc(-c2cccc(Cl)c2)n1. The Bertz CT molecular complexity index is 955. The highest BCUT2D eigenvalue weighted by molar-refractivity contribution is 7.13. The molecule has 0 unspecified atom stereocenters. The van der Waals surface area contributed by atoms with Crippen LogP contribution in [0.5, 0.6) is 0 Å². The van der Waals surface area contributed by atoms with Gasteiger partial charge in [-0.3, -0.25) is 4.79 Å². The molecule has 132 valence electrons. The fraction of sp³-hybridized carbons (Fsp3) is 0.105. The third-order valence-electron chi connectivity index (χ3n) is 3.57. The third-order valence-corrected chi connectivity index (χ3v) is 4.75. The normalized spacial score (nSPS) is 10.4. The maximum absolute atomic E-state index is 12.3. The zero-order chi connectivity index (χ0) is 18.5. The molecule has 0 fully saturated rings. The first-order valence-corrected chi connectivity index (χ1v) is 9.00. The summed E-state index contributed by atoms with van der Waals surface area (Å²) in [5, 5.41) is 6.00. The number of carbonyl (C=O) groups is 2. The van der Waals surface area contributed by atoms with Crippen molar-refractivity contribution in [1.82, 2.24) is 4.98 Å². The monoisotopic (exact) mass is 386 g/mol. The second-order valence-corrected chi connectivity index (χ2v) is 6.71. The van der Waals surface area contributed by atoms with Crippen molar-refractivity contribution < 1.29 is 14.3 Å². The molecule has 1 N–H and O–H groups in total. The minimum atomic E-state index is -0.502. The molecule has 3 rings (SSSR count).